The van der Waals surface area contributed by atoms with Gasteiger partial charge < -0.3 is 10.1 Å². The fraction of sp³-hybridized carbons (Fsp3) is 0.111. The Labute approximate surface area is 142 Å². The van der Waals surface area contributed by atoms with Gasteiger partial charge in [0.15, 0.2) is 6.61 Å². The third kappa shape index (κ3) is 3.87. The van der Waals surface area contributed by atoms with Crippen molar-refractivity contribution < 1.29 is 9.53 Å². The highest BCUT2D eigenvalue weighted by Crippen LogP contribution is 2.21. The highest BCUT2D eigenvalue weighted by atomic mass is 79.9. The predicted octanol–water partition coefficient (Wildman–Crippen LogP) is 4.32. The van der Waals surface area contributed by atoms with Crippen LogP contribution in [-0.4, -0.2) is 17.5 Å². The van der Waals surface area contributed by atoms with E-state index in [4.69, 9.17) is 4.74 Å². The maximum Gasteiger partial charge on any atom is 0.262 e. The van der Waals surface area contributed by atoms with E-state index in [2.05, 4.69) is 26.2 Å². The van der Waals surface area contributed by atoms with Gasteiger partial charge in [0.1, 0.15) is 5.75 Å². The fourth-order valence-electron chi connectivity index (χ4n) is 2.25. The number of hydrogen-bond acceptors (Lipinski definition) is 3. The molecule has 0 saturated heterocycles. The average molecular weight is 371 g/mol. The number of carbonyl (C=O) groups is 1. The maximum atomic E-state index is 12.0. The van der Waals surface area contributed by atoms with Crippen LogP contribution in [0, 0.1) is 6.92 Å². The number of nitrogens with zero attached hydrogens (tertiary/aromatic N) is 1. The normalized spacial score (nSPS) is 10.5. The van der Waals surface area contributed by atoms with Gasteiger partial charge in [-0.3, -0.25) is 9.78 Å². The highest BCUT2D eigenvalue weighted by Gasteiger charge is 2.06. The molecule has 23 heavy (non-hydrogen) atoms. The third-order valence-corrected chi connectivity index (χ3v) is 3.90. The van der Waals surface area contributed by atoms with Crippen molar-refractivity contribution in [3.8, 4) is 5.75 Å². The molecule has 0 fully saturated rings. The standard InChI is InChI=1S/C18H15BrN2O2/c1-12-9-14(19)4-6-16(12)21-18(22)11-23-15-5-7-17-13(10-15)3-2-8-20-17/h2-10H,11H2,1H3,(H,21,22). The Hall–Kier alpha value is -2.40. The number of aromatic nitrogens is 1. The van der Waals surface area contributed by atoms with Crippen LogP contribution in [0.4, 0.5) is 5.69 Å². The van der Waals surface area contributed by atoms with Gasteiger partial charge in [0.2, 0.25) is 0 Å². The molecule has 0 spiro atoms. The Balaban J connectivity index is 1.63. The van der Waals surface area contributed by atoms with E-state index in [0.29, 0.717) is 5.75 Å². The van der Waals surface area contributed by atoms with Crippen LogP contribution in [0.15, 0.2) is 59.2 Å². The van der Waals surface area contributed by atoms with Crippen molar-refractivity contribution in [3.63, 3.8) is 0 Å². The van der Waals surface area contributed by atoms with Crippen molar-refractivity contribution in [3.05, 3.63) is 64.8 Å². The van der Waals surface area contributed by atoms with Crippen LogP contribution < -0.4 is 10.1 Å². The lowest BCUT2D eigenvalue weighted by atomic mass is 10.2. The van der Waals surface area contributed by atoms with Crippen LogP contribution in [0.1, 0.15) is 5.56 Å². The first-order valence-corrected chi connectivity index (χ1v) is 7.95. The predicted molar refractivity (Wildman–Crippen MR) is 94.7 cm³/mol. The summed E-state index contributed by atoms with van der Waals surface area (Å²) in [7, 11) is 0. The number of pyridine rings is 1. The van der Waals surface area contributed by atoms with E-state index in [-0.39, 0.29) is 12.5 Å². The SMILES string of the molecule is Cc1cc(Br)ccc1NC(=O)COc1ccc2ncccc2c1. The monoisotopic (exact) mass is 370 g/mol. The zero-order chi connectivity index (χ0) is 16.2. The minimum atomic E-state index is -0.193. The van der Waals surface area contributed by atoms with Gasteiger partial charge in [-0.25, -0.2) is 0 Å². The first-order chi connectivity index (χ1) is 11.1. The van der Waals surface area contributed by atoms with E-state index in [9.17, 15) is 4.79 Å². The Morgan fingerprint density at radius 1 is 1.22 bits per heavy atom. The van der Waals surface area contributed by atoms with Crippen molar-refractivity contribution in [2.45, 2.75) is 6.92 Å². The smallest absolute Gasteiger partial charge is 0.262 e. The summed E-state index contributed by atoms with van der Waals surface area (Å²) in [5.41, 5.74) is 2.67. The summed E-state index contributed by atoms with van der Waals surface area (Å²) in [6, 6.07) is 15.1. The van der Waals surface area contributed by atoms with Gasteiger partial charge in [-0.2, -0.15) is 0 Å². The van der Waals surface area contributed by atoms with Crippen molar-refractivity contribution in [1.29, 1.82) is 0 Å². The van der Waals surface area contributed by atoms with Crippen LogP contribution in [0.3, 0.4) is 0 Å². The van der Waals surface area contributed by atoms with Crippen LogP contribution in [0.2, 0.25) is 0 Å². The molecule has 3 rings (SSSR count). The molecule has 1 aromatic heterocycles. The van der Waals surface area contributed by atoms with Crippen LogP contribution in [0.25, 0.3) is 10.9 Å². The summed E-state index contributed by atoms with van der Waals surface area (Å²) >= 11 is 3.40. The van der Waals surface area contributed by atoms with Gasteiger partial charge in [0, 0.05) is 21.7 Å². The number of ether oxygens (including phenoxy) is 1. The number of benzene rings is 2. The lowest BCUT2D eigenvalue weighted by Crippen LogP contribution is -2.20. The number of amides is 1. The van der Waals surface area contributed by atoms with Crippen LogP contribution >= 0.6 is 15.9 Å². The zero-order valence-corrected chi connectivity index (χ0v) is 14.1. The van der Waals surface area contributed by atoms with E-state index >= 15 is 0 Å². The van der Waals surface area contributed by atoms with E-state index in [1.165, 1.54) is 0 Å². The maximum absolute atomic E-state index is 12.0. The fourth-order valence-corrected chi connectivity index (χ4v) is 2.72. The van der Waals surface area contributed by atoms with Crippen LogP contribution in [-0.2, 0) is 4.79 Å². The number of halogens is 1. The highest BCUT2D eigenvalue weighted by molar-refractivity contribution is 9.10. The lowest BCUT2D eigenvalue weighted by molar-refractivity contribution is -0.118. The summed E-state index contributed by atoms with van der Waals surface area (Å²) in [6.45, 7) is 1.90. The second-order valence-electron chi connectivity index (χ2n) is 5.15. The number of aryl methyl sites for hydroxylation is 1. The molecular weight excluding hydrogens is 356 g/mol. The summed E-state index contributed by atoms with van der Waals surface area (Å²) in [5, 5.41) is 3.83. The first kappa shape index (κ1) is 15.5. The van der Waals surface area contributed by atoms with Gasteiger partial charge in [0.25, 0.3) is 5.91 Å². The molecule has 0 radical (unpaired) electrons. The Kier molecular flexibility index (Phi) is 4.57. The molecular formula is C18H15BrN2O2. The second kappa shape index (κ2) is 6.79. The zero-order valence-electron chi connectivity index (χ0n) is 12.5. The molecule has 2 aromatic carbocycles. The van der Waals surface area contributed by atoms with Gasteiger partial charge in [0.05, 0.1) is 5.52 Å². The van der Waals surface area contributed by atoms with E-state index < -0.39 is 0 Å². The molecule has 0 bridgehead atoms. The van der Waals surface area contributed by atoms with Crippen molar-refractivity contribution >= 4 is 38.4 Å². The van der Waals surface area contributed by atoms with Crippen molar-refractivity contribution in [2.24, 2.45) is 0 Å². The number of hydrogen-bond donors (Lipinski definition) is 1. The quantitative estimate of drug-likeness (QED) is 0.743. The topological polar surface area (TPSA) is 51.2 Å². The van der Waals surface area contributed by atoms with Gasteiger partial charge in [-0.1, -0.05) is 22.0 Å². The average Bonchev–Trinajstić information content (AvgIpc) is 2.55. The molecule has 5 heteroatoms. The number of fused-ring (bicyclic) bond motifs is 1. The van der Waals surface area contributed by atoms with E-state index in [1.807, 2.05) is 55.5 Å². The largest absolute Gasteiger partial charge is 0.484 e. The van der Waals surface area contributed by atoms with Crippen LogP contribution in [0.5, 0.6) is 5.75 Å². The Bertz CT molecular complexity index is 865. The first-order valence-electron chi connectivity index (χ1n) is 7.15. The molecule has 4 nitrogen and oxygen atoms in total. The molecule has 0 atom stereocenters. The molecule has 3 aromatic rings. The minimum Gasteiger partial charge on any atom is -0.484 e. The molecule has 0 aliphatic rings. The molecule has 116 valence electrons. The number of nitrogens with one attached hydrogen (secondary N) is 1. The molecule has 0 unspecified atom stereocenters. The molecule has 1 N–H and O–H groups in total. The lowest BCUT2D eigenvalue weighted by Gasteiger charge is -2.10. The molecule has 0 aliphatic heterocycles. The van der Waals surface area contributed by atoms with E-state index in [1.54, 1.807) is 6.20 Å². The van der Waals surface area contributed by atoms with E-state index in [0.717, 1.165) is 26.6 Å². The molecule has 1 amide bonds. The van der Waals surface area contributed by atoms with Crippen molar-refractivity contribution in [2.75, 3.05) is 11.9 Å². The number of carbonyl (C=O) groups excluding carboxylic acids is 1. The molecule has 0 saturated carbocycles. The summed E-state index contributed by atoms with van der Waals surface area (Å²) in [6.07, 6.45) is 1.75. The van der Waals surface area contributed by atoms with Crippen molar-refractivity contribution in [1.82, 2.24) is 4.98 Å². The summed E-state index contributed by atoms with van der Waals surface area (Å²) < 4.78 is 6.54. The summed E-state index contributed by atoms with van der Waals surface area (Å²) in [4.78, 5) is 16.3. The Morgan fingerprint density at radius 2 is 2.09 bits per heavy atom. The molecule has 1 heterocycles. The van der Waals surface area contributed by atoms with Gasteiger partial charge >= 0.3 is 0 Å². The number of anilines is 1. The minimum absolute atomic E-state index is 0.0404. The Morgan fingerprint density at radius 3 is 2.91 bits per heavy atom. The second-order valence-corrected chi connectivity index (χ2v) is 6.07. The third-order valence-electron chi connectivity index (χ3n) is 3.41. The summed E-state index contributed by atoms with van der Waals surface area (Å²) in [5.74, 6) is 0.454. The molecule has 0 aliphatic carbocycles. The van der Waals surface area contributed by atoms with Gasteiger partial charge in [-0.05, 0) is 55.0 Å². The number of rotatable bonds is 4. The van der Waals surface area contributed by atoms with Gasteiger partial charge in [-0.15, -0.1) is 0 Å².